The second-order valence-electron chi connectivity index (χ2n) is 5.49. The molecule has 0 radical (unpaired) electrons. The Morgan fingerprint density at radius 2 is 2.00 bits per heavy atom. The van der Waals surface area contributed by atoms with E-state index in [2.05, 4.69) is 11.6 Å². The molecule has 3 rings (SSSR count). The number of carbonyl (C=O) groups excluding carboxylic acids is 1. The standard InChI is InChI=1S/C18H11Cl2F3N2OS/c1-2-8-25-15-13(7-6-12(19)14(15)20)27-17(25)24-16(26)10-4-3-5-11(9-10)18(21,22)23/h2-7,9H,1,8H2. The number of nitrogens with zero attached hydrogens (tertiary/aromatic N) is 2. The van der Waals surface area contributed by atoms with Gasteiger partial charge in [0.2, 0.25) is 0 Å². The zero-order chi connectivity index (χ0) is 19.8. The minimum Gasteiger partial charge on any atom is -0.311 e. The van der Waals surface area contributed by atoms with E-state index < -0.39 is 17.6 Å². The molecule has 0 saturated heterocycles. The summed E-state index contributed by atoms with van der Waals surface area (Å²) in [5.41, 5.74) is -0.477. The molecule has 0 fully saturated rings. The van der Waals surface area contributed by atoms with Gasteiger partial charge in [0.25, 0.3) is 5.91 Å². The number of carbonyl (C=O) groups is 1. The van der Waals surface area contributed by atoms with Gasteiger partial charge in [-0.3, -0.25) is 4.79 Å². The maximum Gasteiger partial charge on any atom is 0.416 e. The van der Waals surface area contributed by atoms with Crippen molar-refractivity contribution in [2.45, 2.75) is 12.7 Å². The topological polar surface area (TPSA) is 34.4 Å². The monoisotopic (exact) mass is 430 g/mol. The average Bonchev–Trinajstić information content (AvgIpc) is 2.96. The first-order valence-electron chi connectivity index (χ1n) is 7.57. The number of hydrogen-bond donors (Lipinski definition) is 0. The van der Waals surface area contributed by atoms with E-state index in [-0.39, 0.29) is 10.4 Å². The molecule has 0 unspecified atom stereocenters. The van der Waals surface area contributed by atoms with Crippen LogP contribution in [-0.4, -0.2) is 10.5 Å². The Morgan fingerprint density at radius 3 is 2.67 bits per heavy atom. The van der Waals surface area contributed by atoms with Gasteiger partial charge in [-0.25, -0.2) is 0 Å². The van der Waals surface area contributed by atoms with Gasteiger partial charge in [-0.1, -0.05) is 46.7 Å². The van der Waals surface area contributed by atoms with E-state index >= 15 is 0 Å². The number of benzene rings is 2. The normalized spacial score (nSPS) is 12.6. The van der Waals surface area contributed by atoms with Crippen LogP contribution in [-0.2, 0) is 12.7 Å². The molecule has 9 heteroatoms. The molecule has 0 bridgehead atoms. The molecule has 140 valence electrons. The Kier molecular flexibility index (Phi) is 5.46. The van der Waals surface area contributed by atoms with E-state index in [1.165, 1.54) is 23.5 Å². The fraction of sp³-hybridized carbons (Fsp3) is 0.111. The fourth-order valence-corrected chi connectivity index (χ4v) is 3.99. The average molecular weight is 431 g/mol. The van der Waals surface area contributed by atoms with Gasteiger partial charge < -0.3 is 4.57 Å². The van der Waals surface area contributed by atoms with Crippen LogP contribution in [0.1, 0.15) is 15.9 Å². The summed E-state index contributed by atoms with van der Waals surface area (Å²) in [4.78, 5) is 16.7. The molecule has 0 N–H and O–H groups in total. The second-order valence-corrected chi connectivity index (χ2v) is 7.28. The number of aromatic nitrogens is 1. The number of thiazole rings is 1. The molecule has 0 aliphatic carbocycles. The lowest BCUT2D eigenvalue weighted by molar-refractivity contribution is -0.137. The molecule has 0 spiro atoms. The first-order valence-corrected chi connectivity index (χ1v) is 9.14. The van der Waals surface area contributed by atoms with Gasteiger partial charge in [0.1, 0.15) is 0 Å². The highest BCUT2D eigenvalue weighted by molar-refractivity contribution is 7.16. The van der Waals surface area contributed by atoms with Gasteiger partial charge in [-0.05, 0) is 30.3 Å². The Balaban J connectivity index is 2.16. The van der Waals surface area contributed by atoms with E-state index in [9.17, 15) is 18.0 Å². The third kappa shape index (κ3) is 3.95. The number of hydrogen-bond acceptors (Lipinski definition) is 2. The third-order valence-electron chi connectivity index (χ3n) is 3.68. The smallest absolute Gasteiger partial charge is 0.311 e. The van der Waals surface area contributed by atoms with E-state index in [0.717, 1.165) is 16.8 Å². The highest BCUT2D eigenvalue weighted by Gasteiger charge is 2.30. The molecule has 27 heavy (non-hydrogen) atoms. The number of amides is 1. The Morgan fingerprint density at radius 1 is 1.26 bits per heavy atom. The Bertz CT molecular complexity index is 1120. The van der Waals surface area contributed by atoms with Crippen LogP contribution in [0.3, 0.4) is 0 Å². The van der Waals surface area contributed by atoms with Crippen molar-refractivity contribution >= 4 is 50.7 Å². The van der Waals surface area contributed by atoms with E-state index in [1.54, 1.807) is 22.8 Å². The summed E-state index contributed by atoms with van der Waals surface area (Å²) < 4.78 is 41.0. The molecule has 2 aromatic carbocycles. The summed E-state index contributed by atoms with van der Waals surface area (Å²) >= 11 is 13.5. The van der Waals surface area contributed by atoms with Crippen molar-refractivity contribution in [2.75, 3.05) is 0 Å². The van der Waals surface area contributed by atoms with Crippen molar-refractivity contribution in [3.8, 4) is 0 Å². The van der Waals surface area contributed by atoms with E-state index in [1.807, 2.05) is 0 Å². The predicted molar refractivity (Wildman–Crippen MR) is 101 cm³/mol. The molecular formula is C18H11Cl2F3N2OS. The van der Waals surface area contributed by atoms with Crippen LogP contribution in [0.5, 0.6) is 0 Å². The van der Waals surface area contributed by atoms with Crippen LogP contribution in [0, 0.1) is 0 Å². The van der Waals surface area contributed by atoms with Crippen molar-refractivity contribution in [1.29, 1.82) is 0 Å². The largest absolute Gasteiger partial charge is 0.416 e. The summed E-state index contributed by atoms with van der Waals surface area (Å²) in [6.45, 7) is 3.97. The van der Waals surface area contributed by atoms with Crippen molar-refractivity contribution in [3.63, 3.8) is 0 Å². The quantitative estimate of drug-likeness (QED) is 0.472. The lowest BCUT2D eigenvalue weighted by atomic mass is 10.1. The van der Waals surface area contributed by atoms with Crippen LogP contribution in [0.4, 0.5) is 13.2 Å². The van der Waals surface area contributed by atoms with Gasteiger partial charge in [-0.2, -0.15) is 18.2 Å². The Labute approximate surface area is 166 Å². The fourth-order valence-electron chi connectivity index (χ4n) is 2.47. The molecular weight excluding hydrogens is 420 g/mol. The van der Waals surface area contributed by atoms with E-state index in [4.69, 9.17) is 23.2 Å². The molecule has 3 nitrogen and oxygen atoms in total. The van der Waals surface area contributed by atoms with Crippen LogP contribution < -0.4 is 4.80 Å². The summed E-state index contributed by atoms with van der Waals surface area (Å²) in [6.07, 6.45) is -2.95. The lowest BCUT2D eigenvalue weighted by Crippen LogP contribution is -2.16. The van der Waals surface area contributed by atoms with Crippen molar-refractivity contribution < 1.29 is 18.0 Å². The molecule has 1 aromatic heterocycles. The molecule has 0 aliphatic heterocycles. The molecule has 0 saturated carbocycles. The summed E-state index contributed by atoms with van der Waals surface area (Å²) in [7, 11) is 0. The minimum atomic E-state index is -4.54. The number of fused-ring (bicyclic) bond motifs is 1. The van der Waals surface area contributed by atoms with Crippen molar-refractivity contribution in [2.24, 2.45) is 4.99 Å². The second kappa shape index (κ2) is 7.50. The van der Waals surface area contributed by atoms with E-state index in [0.29, 0.717) is 22.1 Å². The maximum absolute atomic E-state index is 12.9. The number of allylic oxidation sites excluding steroid dienone is 1. The van der Waals surface area contributed by atoms with Crippen molar-refractivity contribution in [3.05, 3.63) is 75.0 Å². The van der Waals surface area contributed by atoms with Crippen molar-refractivity contribution in [1.82, 2.24) is 4.57 Å². The third-order valence-corrected chi connectivity index (χ3v) is 5.52. The first kappa shape index (κ1) is 19.7. The predicted octanol–water partition coefficient (Wildman–Crippen LogP) is 5.96. The molecule has 1 amide bonds. The van der Waals surface area contributed by atoms with Gasteiger partial charge in [-0.15, -0.1) is 6.58 Å². The highest BCUT2D eigenvalue weighted by Crippen LogP contribution is 2.32. The maximum atomic E-state index is 12.9. The van der Waals surface area contributed by atoms with Gasteiger partial charge in [0.05, 0.1) is 25.8 Å². The minimum absolute atomic E-state index is 0.156. The lowest BCUT2D eigenvalue weighted by Gasteiger charge is -2.07. The molecule has 0 atom stereocenters. The van der Waals surface area contributed by atoms with Crippen LogP contribution in [0.15, 0.2) is 54.0 Å². The van der Waals surface area contributed by atoms with Crippen LogP contribution in [0.2, 0.25) is 10.0 Å². The van der Waals surface area contributed by atoms with Gasteiger partial charge in [0.15, 0.2) is 4.80 Å². The number of halogens is 5. The summed E-state index contributed by atoms with van der Waals surface area (Å²) in [5.74, 6) is -0.785. The van der Waals surface area contributed by atoms with Crippen LogP contribution >= 0.6 is 34.5 Å². The highest BCUT2D eigenvalue weighted by atomic mass is 35.5. The Hall–Kier alpha value is -2.09. The van der Waals surface area contributed by atoms with Crippen LogP contribution in [0.25, 0.3) is 10.2 Å². The SMILES string of the molecule is C=CCn1c(=NC(=O)c2cccc(C(F)(F)F)c2)sc2ccc(Cl)c(Cl)c21. The molecule has 0 aliphatic rings. The molecule has 1 heterocycles. The van der Waals surface area contributed by atoms with Gasteiger partial charge >= 0.3 is 6.18 Å². The summed E-state index contributed by atoms with van der Waals surface area (Å²) in [5, 5.41) is 0.649. The first-order chi connectivity index (χ1) is 12.7. The number of alkyl halides is 3. The zero-order valence-corrected chi connectivity index (χ0v) is 15.9. The summed E-state index contributed by atoms with van der Waals surface area (Å²) in [6, 6.07) is 7.50. The molecule has 3 aromatic rings. The van der Waals surface area contributed by atoms with Gasteiger partial charge in [0, 0.05) is 12.1 Å². The number of rotatable bonds is 3. The zero-order valence-electron chi connectivity index (χ0n) is 13.6.